The van der Waals surface area contributed by atoms with Crippen molar-refractivity contribution in [1.82, 2.24) is 15.5 Å². The second-order valence-electron chi connectivity index (χ2n) is 4.61. The van der Waals surface area contributed by atoms with Gasteiger partial charge in [0, 0.05) is 18.3 Å². The molecule has 2 rings (SSSR count). The summed E-state index contributed by atoms with van der Waals surface area (Å²) in [5, 5.41) is 12.1. The van der Waals surface area contributed by atoms with E-state index in [9.17, 15) is 18.0 Å². The first-order chi connectivity index (χ1) is 11.7. The zero-order valence-electron chi connectivity index (χ0n) is 12.2. The van der Waals surface area contributed by atoms with Gasteiger partial charge in [0.1, 0.15) is 5.03 Å². The molecule has 2 N–H and O–H groups in total. The van der Waals surface area contributed by atoms with E-state index in [1.807, 2.05) is 0 Å². The van der Waals surface area contributed by atoms with Gasteiger partial charge in [-0.25, -0.2) is 0 Å². The molecule has 25 heavy (non-hydrogen) atoms. The highest BCUT2D eigenvalue weighted by Gasteiger charge is 2.38. The van der Waals surface area contributed by atoms with E-state index >= 15 is 0 Å². The molecule has 0 fully saturated rings. The zero-order valence-corrected chi connectivity index (χ0v) is 13.7. The van der Waals surface area contributed by atoms with Crippen LogP contribution in [-0.4, -0.2) is 22.3 Å². The summed E-state index contributed by atoms with van der Waals surface area (Å²) in [7, 11) is 0. The largest absolute Gasteiger partial charge is 0.471 e. The standard InChI is InChI=1S/C14H9Cl2F3N4O2/c15-9(5-20)10(16)12(24)21-6-7-1-3-8(4-2-7)11-22-13(25-23-11)14(17,18)19/h1-5,20H,6H2,(H,21,24)/b10-9-,20-5?. The quantitative estimate of drug-likeness (QED) is 0.599. The number of amides is 1. The number of carbonyl (C=O) groups excluding carboxylic acids is 1. The molecule has 0 saturated carbocycles. The van der Waals surface area contributed by atoms with Crippen LogP contribution in [0.3, 0.4) is 0 Å². The molecular formula is C14H9Cl2F3N4O2. The molecule has 0 aliphatic rings. The Morgan fingerprint density at radius 1 is 1.28 bits per heavy atom. The molecule has 0 aliphatic carbocycles. The van der Waals surface area contributed by atoms with Gasteiger partial charge in [0.15, 0.2) is 0 Å². The van der Waals surface area contributed by atoms with Crippen molar-refractivity contribution in [2.24, 2.45) is 0 Å². The normalized spacial score (nSPS) is 12.5. The molecule has 6 nitrogen and oxygen atoms in total. The van der Waals surface area contributed by atoms with Crippen molar-refractivity contribution in [3.63, 3.8) is 0 Å². The number of halogens is 5. The molecule has 1 heterocycles. The van der Waals surface area contributed by atoms with Crippen LogP contribution in [0.2, 0.25) is 0 Å². The molecule has 1 aromatic carbocycles. The number of hydrogen-bond acceptors (Lipinski definition) is 5. The number of alkyl halides is 3. The van der Waals surface area contributed by atoms with Crippen molar-refractivity contribution in [3.8, 4) is 11.4 Å². The number of benzene rings is 1. The Hall–Kier alpha value is -2.39. The van der Waals surface area contributed by atoms with E-state index in [2.05, 4.69) is 20.0 Å². The Bertz CT molecular complexity index is 816. The summed E-state index contributed by atoms with van der Waals surface area (Å²) in [6.45, 7) is 0.0948. The fourth-order valence-corrected chi connectivity index (χ4v) is 1.87. The van der Waals surface area contributed by atoms with Crippen molar-refractivity contribution >= 4 is 35.3 Å². The lowest BCUT2D eigenvalue weighted by atomic mass is 10.1. The van der Waals surface area contributed by atoms with Crippen molar-refractivity contribution in [3.05, 3.63) is 45.8 Å². The van der Waals surface area contributed by atoms with Crippen molar-refractivity contribution in [2.45, 2.75) is 12.7 Å². The first kappa shape index (κ1) is 18.9. The monoisotopic (exact) mass is 392 g/mol. The van der Waals surface area contributed by atoms with E-state index in [1.165, 1.54) is 12.1 Å². The van der Waals surface area contributed by atoms with E-state index < -0.39 is 18.0 Å². The van der Waals surface area contributed by atoms with Gasteiger partial charge in [-0.1, -0.05) is 52.6 Å². The first-order valence-corrected chi connectivity index (χ1v) is 7.32. The zero-order chi connectivity index (χ0) is 18.6. The number of nitrogens with zero attached hydrogens (tertiary/aromatic N) is 2. The Labute approximate surface area is 149 Å². The van der Waals surface area contributed by atoms with Crippen LogP contribution in [0.1, 0.15) is 11.5 Å². The van der Waals surface area contributed by atoms with Crippen LogP contribution in [-0.2, 0) is 17.5 Å². The van der Waals surface area contributed by atoms with Gasteiger partial charge in [0.25, 0.3) is 5.91 Å². The van der Waals surface area contributed by atoms with Crippen LogP contribution in [0.4, 0.5) is 13.2 Å². The van der Waals surface area contributed by atoms with E-state index in [-0.39, 0.29) is 22.4 Å². The highest BCUT2D eigenvalue weighted by atomic mass is 35.5. The van der Waals surface area contributed by atoms with Crippen LogP contribution in [0.15, 0.2) is 38.9 Å². The van der Waals surface area contributed by atoms with E-state index in [0.717, 1.165) is 6.21 Å². The Balaban J connectivity index is 2.04. The minimum Gasteiger partial charge on any atom is -0.347 e. The smallest absolute Gasteiger partial charge is 0.347 e. The van der Waals surface area contributed by atoms with Crippen molar-refractivity contribution < 1.29 is 22.5 Å². The van der Waals surface area contributed by atoms with Crippen LogP contribution < -0.4 is 5.32 Å². The second kappa shape index (κ2) is 7.66. The average Bonchev–Trinajstić information content (AvgIpc) is 3.09. The lowest BCUT2D eigenvalue weighted by Gasteiger charge is -2.05. The predicted octanol–water partition coefficient (Wildman–Crippen LogP) is 3.71. The van der Waals surface area contributed by atoms with Gasteiger partial charge in [0.2, 0.25) is 5.82 Å². The van der Waals surface area contributed by atoms with Crippen LogP contribution in [0.5, 0.6) is 0 Å². The minimum atomic E-state index is -4.71. The maximum absolute atomic E-state index is 12.4. The molecule has 0 atom stereocenters. The van der Waals surface area contributed by atoms with Crippen LogP contribution in [0, 0.1) is 5.41 Å². The fourth-order valence-electron chi connectivity index (χ4n) is 1.66. The van der Waals surface area contributed by atoms with Gasteiger partial charge in [-0.15, -0.1) is 0 Å². The van der Waals surface area contributed by atoms with Gasteiger partial charge in [-0.3, -0.25) is 4.79 Å². The third-order valence-electron chi connectivity index (χ3n) is 2.87. The van der Waals surface area contributed by atoms with Gasteiger partial charge in [-0.2, -0.15) is 18.2 Å². The lowest BCUT2D eigenvalue weighted by molar-refractivity contribution is -0.159. The summed E-state index contributed by atoms with van der Waals surface area (Å²) in [6.07, 6.45) is -3.97. The summed E-state index contributed by atoms with van der Waals surface area (Å²) in [4.78, 5) is 14.9. The molecule has 0 spiro atoms. The Morgan fingerprint density at radius 3 is 2.44 bits per heavy atom. The predicted molar refractivity (Wildman–Crippen MR) is 84.1 cm³/mol. The number of hydrogen-bond donors (Lipinski definition) is 2. The molecule has 0 bridgehead atoms. The number of allylic oxidation sites excluding steroid dienone is 1. The molecule has 0 radical (unpaired) electrons. The lowest BCUT2D eigenvalue weighted by Crippen LogP contribution is -2.23. The fraction of sp³-hybridized carbons (Fsp3) is 0.143. The van der Waals surface area contributed by atoms with Crippen LogP contribution >= 0.6 is 23.2 Å². The number of aromatic nitrogens is 2. The maximum Gasteiger partial charge on any atom is 0.471 e. The van der Waals surface area contributed by atoms with Gasteiger partial charge < -0.3 is 15.2 Å². The van der Waals surface area contributed by atoms with Gasteiger partial charge >= 0.3 is 12.1 Å². The van der Waals surface area contributed by atoms with Gasteiger partial charge in [0.05, 0.1) is 5.03 Å². The molecule has 1 amide bonds. The summed E-state index contributed by atoms with van der Waals surface area (Å²) < 4.78 is 41.4. The molecule has 2 aromatic rings. The molecule has 1 aromatic heterocycles. The highest BCUT2D eigenvalue weighted by molar-refractivity contribution is 6.52. The van der Waals surface area contributed by atoms with Crippen molar-refractivity contribution in [1.29, 1.82) is 5.41 Å². The summed E-state index contributed by atoms with van der Waals surface area (Å²) in [6, 6.07) is 6.09. The summed E-state index contributed by atoms with van der Waals surface area (Å²) in [5.41, 5.74) is 0.964. The van der Waals surface area contributed by atoms with E-state index in [1.54, 1.807) is 12.1 Å². The SMILES string of the molecule is N=C/C(Cl)=C(/Cl)C(=O)NCc1ccc(-c2noc(C(F)(F)F)n2)cc1. The Kier molecular flexibility index (Phi) is 5.81. The number of carbonyl (C=O) groups is 1. The molecule has 0 aliphatic heterocycles. The summed E-state index contributed by atoms with van der Waals surface area (Å²) in [5.74, 6) is -2.29. The number of rotatable bonds is 5. The summed E-state index contributed by atoms with van der Waals surface area (Å²) >= 11 is 11.2. The third-order valence-corrected chi connectivity index (χ3v) is 3.64. The first-order valence-electron chi connectivity index (χ1n) is 6.56. The topological polar surface area (TPSA) is 91.9 Å². The highest BCUT2D eigenvalue weighted by Crippen LogP contribution is 2.29. The second-order valence-corrected chi connectivity index (χ2v) is 5.39. The van der Waals surface area contributed by atoms with Gasteiger partial charge in [-0.05, 0) is 5.56 Å². The average molecular weight is 393 g/mol. The minimum absolute atomic E-state index is 0.0948. The third kappa shape index (κ3) is 4.80. The maximum atomic E-state index is 12.4. The van der Waals surface area contributed by atoms with E-state index in [0.29, 0.717) is 11.1 Å². The molecule has 0 saturated heterocycles. The molecular weight excluding hydrogens is 384 g/mol. The van der Waals surface area contributed by atoms with Crippen molar-refractivity contribution in [2.75, 3.05) is 0 Å². The number of nitrogens with one attached hydrogen (secondary N) is 2. The van der Waals surface area contributed by atoms with Crippen LogP contribution in [0.25, 0.3) is 11.4 Å². The Morgan fingerprint density at radius 2 is 1.92 bits per heavy atom. The molecule has 11 heteroatoms. The molecule has 0 unspecified atom stereocenters. The molecule has 132 valence electrons. The van der Waals surface area contributed by atoms with E-state index in [4.69, 9.17) is 28.6 Å².